The summed E-state index contributed by atoms with van der Waals surface area (Å²) in [5, 5.41) is 8.55. The maximum absolute atomic E-state index is 12.9. The molecule has 0 saturated heterocycles. The van der Waals surface area contributed by atoms with Crippen molar-refractivity contribution in [1.29, 1.82) is 5.26 Å². The first-order valence-corrected chi connectivity index (χ1v) is 5.53. The molecule has 0 unspecified atom stereocenters. The fourth-order valence-electron chi connectivity index (χ4n) is 1.63. The molecule has 0 aliphatic carbocycles. The van der Waals surface area contributed by atoms with Gasteiger partial charge < -0.3 is 4.90 Å². The second-order valence-corrected chi connectivity index (χ2v) is 4.07. The standard InChI is InChI=1S/C12H14F3N3/c1-9(2)18(8-4-6-16)11-10(12(13,14)15)5-3-7-17-11/h3,5,7,9H,4,8H2,1-2H3. The SMILES string of the molecule is CC(C)N(CCC#N)c1ncccc1C(F)(F)F. The van der Waals surface area contributed by atoms with Gasteiger partial charge in [-0.05, 0) is 26.0 Å². The Labute approximate surface area is 104 Å². The van der Waals surface area contributed by atoms with Crippen LogP contribution in [-0.2, 0) is 6.18 Å². The number of pyridine rings is 1. The van der Waals surface area contributed by atoms with Gasteiger partial charge in [-0.15, -0.1) is 0 Å². The summed E-state index contributed by atoms with van der Waals surface area (Å²) < 4.78 is 38.6. The summed E-state index contributed by atoms with van der Waals surface area (Å²) >= 11 is 0. The van der Waals surface area contributed by atoms with Crippen LogP contribution in [0.4, 0.5) is 19.0 Å². The third kappa shape index (κ3) is 3.36. The molecule has 0 fully saturated rings. The summed E-state index contributed by atoms with van der Waals surface area (Å²) in [6.45, 7) is 3.77. The molecule has 1 heterocycles. The van der Waals surface area contributed by atoms with Crippen molar-refractivity contribution in [2.24, 2.45) is 0 Å². The van der Waals surface area contributed by atoms with Crippen molar-refractivity contribution in [3.05, 3.63) is 23.9 Å². The summed E-state index contributed by atoms with van der Waals surface area (Å²) in [6, 6.07) is 4.04. The van der Waals surface area contributed by atoms with Gasteiger partial charge in [0.05, 0.1) is 18.1 Å². The number of halogens is 3. The Balaban J connectivity index is 3.16. The fourth-order valence-corrected chi connectivity index (χ4v) is 1.63. The second kappa shape index (κ2) is 5.71. The summed E-state index contributed by atoms with van der Waals surface area (Å²) in [5.74, 6) is -0.116. The number of alkyl halides is 3. The molecular formula is C12H14F3N3. The maximum atomic E-state index is 12.9. The van der Waals surface area contributed by atoms with E-state index >= 15 is 0 Å². The van der Waals surface area contributed by atoms with Crippen LogP contribution in [-0.4, -0.2) is 17.6 Å². The largest absolute Gasteiger partial charge is 0.419 e. The van der Waals surface area contributed by atoms with Gasteiger partial charge in [-0.3, -0.25) is 0 Å². The Kier molecular flexibility index (Phi) is 4.54. The highest BCUT2D eigenvalue weighted by molar-refractivity contribution is 5.49. The molecule has 3 nitrogen and oxygen atoms in total. The summed E-state index contributed by atoms with van der Waals surface area (Å²) in [5.41, 5.74) is -0.767. The van der Waals surface area contributed by atoms with Crippen LogP contribution in [0.3, 0.4) is 0 Å². The quantitative estimate of drug-likeness (QED) is 0.831. The number of hydrogen-bond acceptors (Lipinski definition) is 3. The van der Waals surface area contributed by atoms with E-state index in [2.05, 4.69) is 4.98 Å². The number of rotatable bonds is 4. The summed E-state index contributed by atoms with van der Waals surface area (Å²) in [6.07, 6.45) is -2.96. The first-order valence-electron chi connectivity index (χ1n) is 5.53. The van der Waals surface area contributed by atoms with Crippen LogP contribution in [0.1, 0.15) is 25.8 Å². The first-order chi connectivity index (χ1) is 8.38. The van der Waals surface area contributed by atoms with Crippen LogP contribution in [0.2, 0.25) is 0 Å². The van der Waals surface area contributed by atoms with Gasteiger partial charge in [0.25, 0.3) is 0 Å². The average molecular weight is 257 g/mol. The van der Waals surface area contributed by atoms with Crippen molar-refractivity contribution < 1.29 is 13.2 Å². The molecule has 1 rings (SSSR count). The van der Waals surface area contributed by atoms with E-state index < -0.39 is 11.7 Å². The molecule has 98 valence electrons. The van der Waals surface area contributed by atoms with E-state index in [0.29, 0.717) is 0 Å². The molecule has 0 radical (unpaired) electrons. The Hall–Kier alpha value is -1.77. The Bertz CT molecular complexity index is 435. The van der Waals surface area contributed by atoms with Crippen molar-refractivity contribution in [1.82, 2.24) is 4.98 Å². The minimum absolute atomic E-state index is 0.116. The maximum Gasteiger partial charge on any atom is 0.419 e. The van der Waals surface area contributed by atoms with E-state index in [1.54, 1.807) is 13.8 Å². The summed E-state index contributed by atoms with van der Waals surface area (Å²) in [4.78, 5) is 5.31. The van der Waals surface area contributed by atoms with Crippen molar-refractivity contribution in [2.75, 3.05) is 11.4 Å². The van der Waals surface area contributed by atoms with Crippen molar-refractivity contribution in [3.63, 3.8) is 0 Å². The van der Waals surface area contributed by atoms with Crippen LogP contribution in [0, 0.1) is 11.3 Å². The second-order valence-electron chi connectivity index (χ2n) is 4.07. The highest BCUT2D eigenvalue weighted by Gasteiger charge is 2.35. The molecule has 0 saturated carbocycles. The molecule has 0 spiro atoms. The van der Waals surface area contributed by atoms with E-state index in [4.69, 9.17) is 5.26 Å². The number of aromatic nitrogens is 1. The molecule has 0 aromatic carbocycles. The lowest BCUT2D eigenvalue weighted by atomic mass is 10.2. The zero-order chi connectivity index (χ0) is 13.8. The van der Waals surface area contributed by atoms with Crippen molar-refractivity contribution in [2.45, 2.75) is 32.5 Å². The Morgan fingerprint density at radius 1 is 1.44 bits per heavy atom. The third-order valence-electron chi connectivity index (χ3n) is 2.45. The molecule has 6 heteroatoms. The predicted octanol–water partition coefficient (Wildman–Crippen LogP) is 3.23. The average Bonchev–Trinajstić information content (AvgIpc) is 2.28. The molecule has 0 aliphatic rings. The van der Waals surface area contributed by atoms with Crippen LogP contribution in [0.15, 0.2) is 18.3 Å². The zero-order valence-corrected chi connectivity index (χ0v) is 10.2. The molecule has 0 aliphatic heterocycles. The zero-order valence-electron chi connectivity index (χ0n) is 10.2. The molecule has 1 aromatic rings. The molecular weight excluding hydrogens is 243 g/mol. The number of hydrogen-bond donors (Lipinski definition) is 0. The molecule has 0 atom stereocenters. The lowest BCUT2D eigenvalue weighted by Gasteiger charge is -2.29. The van der Waals surface area contributed by atoms with Gasteiger partial charge >= 0.3 is 6.18 Å². The number of anilines is 1. The molecule has 0 N–H and O–H groups in total. The highest BCUT2D eigenvalue weighted by Crippen LogP contribution is 2.35. The fraction of sp³-hybridized carbons (Fsp3) is 0.500. The van der Waals surface area contributed by atoms with Gasteiger partial charge in [0, 0.05) is 18.8 Å². The van der Waals surface area contributed by atoms with E-state index in [0.717, 1.165) is 6.07 Å². The van der Waals surface area contributed by atoms with Crippen LogP contribution < -0.4 is 4.90 Å². The molecule has 1 aromatic heterocycles. The lowest BCUT2D eigenvalue weighted by molar-refractivity contribution is -0.137. The lowest BCUT2D eigenvalue weighted by Crippen LogP contribution is -2.34. The minimum atomic E-state index is -4.44. The van der Waals surface area contributed by atoms with Crippen molar-refractivity contribution in [3.8, 4) is 6.07 Å². The smallest absolute Gasteiger partial charge is 0.353 e. The Morgan fingerprint density at radius 3 is 2.61 bits per heavy atom. The minimum Gasteiger partial charge on any atom is -0.353 e. The normalized spacial score (nSPS) is 11.4. The van der Waals surface area contributed by atoms with Gasteiger partial charge in [0.1, 0.15) is 5.82 Å². The van der Waals surface area contributed by atoms with Gasteiger partial charge in [0.2, 0.25) is 0 Å². The highest BCUT2D eigenvalue weighted by atomic mass is 19.4. The van der Waals surface area contributed by atoms with Crippen LogP contribution in [0.5, 0.6) is 0 Å². The number of nitriles is 1. The molecule has 0 amide bonds. The predicted molar refractivity (Wildman–Crippen MR) is 62.0 cm³/mol. The van der Waals surface area contributed by atoms with E-state index in [1.165, 1.54) is 17.2 Å². The van der Waals surface area contributed by atoms with Gasteiger partial charge in [-0.1, -0.05) is 0 Å². The van der Waals surface area contributed by atoms with E-state index in [9.17, 15) is 13.2 Å². The third-order valence-corrected chi connectivity index (χ3v) is 2.45. The van der Waals surface area contributed by atoms with Gasteiger partial charge in [0.15, 0.2) is 0 Å². The van der Waals surface area contributed by atoms with E-state index in [1.807, 2.05) is 6.07 Å². The van der Waals surface area contributed by atoms with Gasteiger partial charge in [-0.2, -0.15) is 18.4 Å². The molecule has 0 bridgehead atoms. The summed E-state index contributed by atoms with van der Waals surface area (Å²) in [7, 11) is 0. The van der Waals surface area contributed by atoms with Crippen LogP contribution >= 0.6 is 0 Å². The van der Waals surface area contributed by atoms with Gasteiger partial charge in [-0.25, -0.2) is 4.98 Å². The molecule has 18 heavy (non-hydrogen) atoms. The van der Waals surface area contributed by atoms with E-state index in [-0.39, 0.29) is 24.8 Å². The monoisotopic (exact) mass is 257 g/mol. The Morgan fingerprint density at radius 2 is 2.11 bits per heavy atom. The van der Waals surface area contributed by atoms with Crippen molar-refractivity contribution >= 4 is 5.82 Å². The number of nitrogens with zero attached hydrogens (tertiary/aromatic N) is 3. The first kappa shape index (κ1) is 14.3. The van der Waals surface area contributed by atoms with Crippen LogP contribution in [0.25, 0.3) is 0 Å². The topological polar surface area (TPSA) is 39.9 Å².